The third-order valence-electron chi connectivity index (χ3n) is 2.26. The number of hydrogen-bond acceptors (Lipinski definition) is 4. The number of rotatable bonds is 2. The van der Waals surface area contributed by atoms with Crippen molar-refractivity contribution in [1.82, 2.24) is 9.78 Å². The summed E-state index contributed by atoms with van der Waals surface area (Å²) in [6.45, 7) is 0. The number of hydrogen-bond donors (Lipinski definition) is 1. The molecule has 0 aliphatic rings. The number of methoxy groups -OCH3 is 1. The largest absolute Gasteiger partial charge is 0.465 e. The van der Waals surface area contributed by atoms with Gasteiger partial charge in [-0.15, -0.1) is 0 Å². The van der Waals surface area contributed by atoms with Crippen molar-refractivity contribution < 1.29 is 9.53 Å². The second-order valence-electron chi connectivity index (χ2n) is 3.37. The molecule has 1 heterocycles. The molecule has 2 rings (SSSR count). The van der Waals surface area contributed by atoms with Gasteiger partial charge < -0.3 is 10.5 Å². The maximum absolute atomic E-state index is 11.5. The van der Waals surface area contributed by atoms with E-state index in [0.717, 1.165) is 0 Å². The monoisotopic (exact) mass is 251 g/mol. The van der Waals surface area contributed by atoms with Crippen molar-refractivity contribution in [2.24, 2.45) is 0 Å². The van der Waals surface area contributed by atoms with Gasteiger partial charge in [0, 0.05) is 11.9 Å². The zero-order valence-corrected chi connectivity index (χ0v) is 9.81. The lowest BCUT2D eigenvalue weighted by atomic mass is 10.1. The highest BCUT2D eigenvalue weighted by Crippen LogP contribution is 2.19. The van der Waals surface area contributed by atoms with E-state index in [0.29, 0.717) is 22.0 Å². The van der Waals surface area contributed by atoms with Crippen LogP contribution in [0, 0.1) is 0 Å². The van der Waals surface area contributed by atoms with Crippen molar-refractivity contribution in [2.75, 3.05) is 12.8 Å². The zero-order valence-electron chi connectivity index (χ0n) is 9.05. The Balaban J connectivity index is 2.47. The molecule has 6 heteroatoms. The molecule has 0 spiro atoms. The average Bonchev–Trinajstić information content (AvgIpc) is 2.75. The van der Waals surface area contributed by atoms with Gasteiger partial charge in [0.25, 0.3) is 0 Å². The number of nitrogens with zero attached hydrogens (tertiary/aromatic N) is 2. The molecule has 2 aromatic rings. The van der Waals surface area contributed by atoms with Gasteiger partial charge in [-0.25, -0.2) is 9.48 Å². The van der Waals surface area contributed by atoms with Crippen molar-refractivity contribution >= 4 is 23.3 Å². The van der Waals surface area contributed by atoms with Gasteiger partial charge in [0.05, 0.1) is 29.6 Å². The van der Waals surface area contributed by atoms with Crippen LogP contribution in [0.15, 0.2) is 30.6 Å². The highest BCUT2D eigenvalue weighted by atomic mass is 35.5. The molecular formula is C11H10ClN3O2. The quantitative estimate of drug-likeness (QED) is 0.654. The Labute approximate surface area is 103 Å². The number of nitrogen functional groups attached to an aromatic ring is 1. The first-order valence-corrected chi connectivity index (χ1v) is 5.18. The molecule has 1 aromatic heterocycles. The molecule has 0 saturated heterocycles. The lowest BCUT2D eigenvalue weighted by Gasteiger charge is -2.06. The number of esters is 1. The second kappa shape index (κ2) is 4.47. The number of ether oxygens (including phenoxy) is 1. The molecule has 0 radical (unpaired) electrons. The standard InChI is InChI=1S/C11H10ClN3O2/c1-17-11(16)9-4-8(2-3-10(9)13)15-6-7(12)5-14-15/h2-6H,13H2,1H3. The first kappa shape index (κ1) is 11.5. The minimum atomic E-state index is -0.484. The topological polar surface area (TPSA) is 70.1 Å². The van der Waals surface area contributed by atoms with Gasteiger partial charge in [-0.1, -0.05) is 11.6 Å². The van der Waals surface area contributed by atoms with E-state index in [1.807, 2.05) is 0 Å². The summed E-state index contributed by atoms with van der Waals surface area (Å²) in [5.74, 6) is -0.484. The van der Waals surface area contributed by atoms with Gasteiger partial charge in [0.1, 0.15) is 0 Å². The molecule has 0 unspecified atom stereocenters. The van der Waals surface area contributed by atoms with Crippen LogP contribution in [-0.4, -0.2) is 22.9 Å². The van der Waals surface area contributed by atoms with E-state index in [4.69, 9.17) is 17.3 Å². The third-order valence-corrected chi connectivity index (χ3v) is 2.45. The van der Waals surface area contributed by atoms with Crippen LogP contribution < -0.4 is 5.73 Å². The highest BCUT2D eigenvalue weighted by molar-refractivity contribution is 6.30. The van der Waals surface area contributed by atoms with Crippen molar-refractivity contribution in [2.45, 2.75) is 0 Å². The van der Waals surface area contributed by atoms with Crippen molar-refractivity contribution in [3.05, 3.63) is 41.2 Å². The molecule has 0 bridgehead atoms. The Morgan fingerprint density at radius 2 is 2.29 bits per heavy atom. The van der Waals surface area contributed by atoms with E-state index in [1.54, 1.807) is 29.1 Å². The molecular weight excluding hydrogens is 242 g/mol. The van der Waals surface area contributed by atoms with Gasteiger partial charge in [-0.3, -0.25) is 0 Å². The van der Waals surface area contributed by atoms with Crippen LogP contribution in [0.5, 0.6) is 0 Å². The van der Waals surface area contributed by atoms with E-state index in [1.165, 1.54) is 13.3 Å². The van der Waals surface area contributed by atoms with Crippen LogP contribution in [0.1, 0.15) is 10.4 Å². The molecule has 0 amide bonds. The second-order valence-corrected chi connectivity index (χ2v) is 3.80. The summed E-state index contributed by atoms with van der Waals surface area (Å²) in [5.41, 5.74) is 7.04. The van der Waals surface area contributed by atoms with Gasteiger partial charge in [-0.2, -0.15) is 5.10 Å². The summed E-state index contributed by atoms with van der Waals surface area (Å²) in [4.78, 5) is 11.5. The predicted molar refractivity (Wildman–Crippen MR) is 64.3 cm³/mol. The molecule has 17 heavy (non-hydrogen) atoms. The van der Waals surface area contributed by atoms with E-state index in [2.05, 4.69) is 9.84 Å². The fourth-order valence-electron chi connectivity index (χ4n) is 1.42. The molecule has 0 aliphatic heterocycles. The summed E-state index contributed by atoms with van der Waals surface area (Å²) in [6, 6.07) is 4.97. The van der Waals surface area contributed by atoms with Crippen LogP contribution in [0.3, 0.4) is 0 Å². The summed E-state index contributed by atoms with van der Waals surface area (Å²) >= 11 is 5.77. The van der Waals surface area contributed by atoms with Crippen molar-refractivity contribution in [3.63, 3.8) is 0 Å². The number of nitrogens with two attached hydrogens (primary N) is 1. The van der Waals surface area contributed by atoms with Gasteiger partial charge in [0.2, 0.25) is 0 Å². The minimum Gasteiger partial charge on any atom is -0.465 e. The fraction of sp³-hybridized carbons (Fsp3) is 0.0909. The summed E-state index contributed by atoms with van der Waals surface area (Å²) in [7, 11) is 1.30. The average molecular weight is 252 g/mol. The number of anilines is 1. The maximum Gasteiger partial charge on any atom is 0.340 e. The first-order valence-electron chi connectivity index (χ1n) is 4.80. The Bertz CT molecular complexity index is 566. The first-order chi connectivity index (χ1) is 8.11. The third kappa shape index (κ3) is 2.24. The SMILES string of the molecule is COC(=O)c1cc(-n2cc(Cl)cn2)ccc1N. The Kier molecular flexibility index (Phi) is 3.01. The Morgan fingerprint density at radius 1 is 1.53 bits per heavy atom. The van der Waals surface area contributed by atoms with Crippen molar-refractivity contribution in [3.8, 4) is 5.69 Å². The van der Waals surface area contributed by atoms with Crippen molar-refractivity contribution in [1.29, 1.82) is 0 Å². The molecule has 0 fully saturated rings. The Hall–Kier alpha value is -2.01. The number of carbonyl (C=O) groups excluding carboxylic acids is 1. The molecule has 0 atom stereocenters. The van der Waals surface area contributed by atoms with Gasteiger partial charge in [0.15, 0.2) is 0 Å². The van der Waals surface area contributed by atoms with Crippen LogP contribution in [0.4, 0.5) is 5.69 Å². The van der Waals surface area contributed by atoms with E-state index < -0.39 is 5.97 Å². The van der Waals surface area contributed by atoms with Gasteiger partial charge in [-0.05, 0) is 18.2 Å². The zero-order chi connectivity index (χ0) is 12.4. The number of benzene rings is 1. The van der Waals surface area contributed by atoms with Crippen LogP contribution >= 0.6 is 11.6 Å². The lowest BCUT2D eigenvalue weighted by Crippen LogP contribution is -2.07. The van der Waals surface area contributed by atoms with E-state index >= 15 is 0 Å². The molecule has 5 nitrogen and oxygen atoms in total. The van der Waals surface area contributed by atoms with Crippen LogP contribution in [0.2, 0.25) is 5.02 Å². The molecule has 88 valence electrons. The highest BCUT2D eigenvalue weighted by Gasteiger charge is 2.11. The number of aromatic nitrogens is 2. The normalized spacial score (nSPS) is 10.2. The predicted octanol–water partition coefficient (Wildman–Crippen LogP) is 1.89. The summed E-state index contributed by atoms with van der Waals surface area (Å²) in [6.07, 6.45) is 3.14. The van der Waals surface area contributed by atoms with Gasteiger partial charge >= 0.3 is 5.97 Å². The fourth-order valence-corrected chi connectivity index (χ4v) is 1.55. The van der Waals surface area contributed by atoms with Crippen LogP contribution in [0.25, 0.3) is 5.69 Å². The smallest absolute Gasteiger partial charge is 0.340 e. The molecule has 0 saturated carbocycles. The van der Waals surface area contributed by atoms with Crippen LogP contribution in [-0.2, 0) is 4.74 Å². The Morgan fingerprint density at radius 3 is 2.88 bits per heavy atom. The van der Waals surface area contributed by atoms with E-state index in [-0.39, 0.29) is 0 Å². The lowest BCUT2D eigenvalue weighted by molar-refractivity contribution is 0.0602. The number of halogens is 1. The molecule has 0 aliphatic carbocycles. The maximum atomic E-state index is 11.5. The van der Waals surface area contributed by atoms with E-state index in [9.17, 15) is 4.79 Å². The molecule has 1 aromatic carbocycles. The molecule has 2 N–H and O–H groups in total. The summed E-state index contributed by atoms with van der Waals surface area (Å²) < 4.78 is 6.19. The minimum absolute atomic E-state index is 0.302. The summed E-state index contributed by atoms with van der Waals surface area (Å²) in [5, 5.41) is 4.55. The number of carbonyl (C=O) groups is 1.